The highest BCUT2D eigenvalue weighted by molar-refractivity contribution is 5.94. The third-order valence-corrected chi connectivity index (χ3v) is 3.86. The number of amides is 1. The van der Waals surface area contributed by atoms with Crippen molar-refractivity contribution in [1.82, 2.24) is 14.9 Å². The Labute approximate surface area is 147 Å². The zero-order valence-electron chi connectivity index (χ0n) is 13.9. The van der Waals surface area contributed by atoms with E-state index < -0.39 is 12.0 Å². The summed E-state index contributed by atoms with van der Waals surface area (Å²) in [4.78, 5) is 15.8. The van der Waals surface area contributed by atoms with E-state index in [1.54, 1.807) is 42.5 Å². The van der Waals surface area contributed by atoms with Gasteiger partial charge in [0.05, 0.1) is 18.1 Å². The number of hydrogen-bond acceptors (Lipinski definition) is 3. The standard InChI is InChI=1S/C18H16F3N3O2/c1-26-13-6-4-5-12(11-13)16(25)22-9-10-24-15-8-3-2-7-14(15)23-17(24)18(19,20)21/h2-8,11H,9-10H2,1H3,(H,22,25). The fourth-order valence-corrected chi connectivity index (χ4v) is 2.67. The molecule has 0 atom stereocenters. The predicted molar refractivity (Wildman–Crippen MR) is 90.1 cm³/mol. The van der Waals surface area contributed by atoms with E-state index in [2.05, 4.69) is 10.3 Å². The van der Waals surface area contributed by atoms with E-state index in [0.29, 0.717) is 16.8 Å². The van der Waals surface area contributed by atoms with Gasteiger partial charge in [0.2, 0.25) is 5.82 Å². The third kappa shape index (κ3) is 3.63. The molecule has 0 radical (unpaired) electrons. The molecule has 1 heterocycles. The molecule has 1 aromatic heterocycles. The highest BCUT2D eigenvalue weighted by atomic mass is 19.4. The molecule has 0 aliphatic heterocycles. The highest BCUT2D eigenvalue weighted by Gasteiger charge is 2.37. The van der Waals surface area contributed by atoms with Crippen molar-refractivity contribution >= 4 is 16.9 Å². The van der Waals surface area contributed by atoms with E-state index in [1.165, 1.54) is 13.2 Å². The molecule has 0 aliphatic carbocycles. The number of halogens is 3. The first kappa shape index (κ1) is 17.8. The summed E-state index contributed by atoms with van der Waals surface area (Å²) in [6.45, 7) is -0.0233. The van der Waals surface area contributed by atoms with E-state index >= 15 is 0 Å². The number of methoxy groups -OCH3 is 1. The van der Waals surface area contributed by atoms with Crippen LogP contribution in [0.1, 0.15) is 16.2 Å². The molecule has 2 aromatic carbocycles. The van der Waals surface area contributed by atoms with Gasteiger partial charge in [0.25, 0.3) is 5.91 Å². The van der Waals surface area contributed by atoms with Crippen molar-refractivity contribution in [3.63, 3.8) is 0 Å². The molecule has 0 aliphatic rings. The number of ether oxygens (including phenoxy) is 1. The van der Waals surface area contributed by atoms with Crippen molar-refractivity contribution in [3.8, 4) is 5.75 Å². The van der Waals surface area contributed by atoms with Crippen LogP contribution in [0.15, 0.2) is 48.5 Å². The van der Waals surface area contributed by atoms with Crippen molar-refractivity contribution in [2.45, 2.75) is 12.7 Å². The maximum Gasteiger partial charge on any atom is 0.449 e. The number of alkyl halides is 3. The largest absolute Gasteiger partial charge is 0.497 e. The summed E-state index contributed by atoms with van der Waals surface area (Å²) >= 11 is 0. The number of rotatable bonds is 5. The van der Waals surface area contributed by atoms with Crippen LogP contribution in [-0.4, -0.2) is 29.1 Å². The number of nitrogens with zero attached hydrogens (tertiary/aromatic N) is 2. The van der Waals surface area contributed by atoms with E-state index in [4.69, 9.17) is 4.74 Å². The van der Waals surface area contributed by atoms with Gasteiger partial charge in [-0.25, -0.2) is 4.98 Å². The van der Waals surface area contributed by atoms with Gasteiger partial charge in [-0.2, -0.15) is 13.2 Å². The van der Waals surface area contributed by atoms with Crippen LogP contribution >= 0.6 is 0 Å². The van der Waals surface area contributed by atoms with Gasteiger partial charge in [-0.1, -0.05) is 18.2 Å². The number of carbonyl (C=O) groups excluding carboxylic acids is 1. The van der Waals surface area contributed by atoms with Crippen LogP contribution in [0.25, 0.3) is 11.0 Å². The van der Waals surface area contributed by atoms with Crippen molar-refractivity contribution in [2.75, 3.05) is 13.7 Å². The molecule has 1 amide bonds. The number of nitrogens with one attached hydrogen (secondary N) is 1. The van der Waals surface area contributed by atoms with E-state index in [9.17, 15) is 18.0 Å². The lowest BCUT2D eigenvalue weighted by atomic mass is 10.2. The molecular formula is C18H16F3N3O2. The summed E-state index contributed by atoms with van der Waals surface area (Å²) in [5.41, 5.74) is 1.00. The molecule has 0 saturated heterocycles. The number of hydrogen-bond donors (Lipinski definition) is 1. The molecule has 3 rings (SSSR count). The molecule has 1 N–H and O–H groups in total. The van der Waals surface area contributed by atoms with Gasteiger partial charge in [-0.05, 0) is 30.3 Å². The SMILES string of the molecule is COc1cccc(C(=O)NCCn2c(C(F)(F)F)nc3ccccc32)c1. The smallest absolute Gasteiger partial charge is 0.449 e. The van der Waals surface area contributed by atoms with Gasteiger partial charge in [0.15, 0.2) is 0 Å². The maximum atomic E-state index is 13.2. The molecule has 0 saturated carbocycles. The lowest BCUT2D eigenvalue weighted by Gasteiger charge is -2.12. The van der Waals surface area contributed by atoms with Crippen LogP contribution in [0.5, 0.6) is 5.75 Å². The van der Waals surface area contributed by atoms with Crippen molar-refractivity contribution in [3.05, 3.63) is 59.9 Å². The van der Waals surface area contributed by atoms with Gasteiger partial charge in [0.1, 0.15) is 5.75 Å². The molecule has 136 valence electrons. The summed E-state index contributed by atoms with van der Waals surface area (Å²) in [6.07, 6.45) is -4.57. The molecule has 5 nitrogen and oxygen atoms in total. The minimum Gasteiger partial charge on any atom is -0.497 e. The summed E-state index contributed by atoms with van der Waals surface area (Å²) in [7, 11) is 1.49. The second-order valence-corrected chi connectivity index (χ2v) is 5.56. The van der Waals surface area contributed by atoms with Crippen LogP contribution < -0.4 is 10.1 Å². The Hall–Kier alpha value is -3.03. The van der Waals surface area contributed by atoms with E-state index in [0.717, 1.165) is 4.57 Å². The summed E-state index contributed by atoms with van der Waals surface area (Å²) < 4.78 is 45.8. The van der Waals surface area contributed by atoms with Gasteiger partial charge < -0.3 is 14.6 Å². The van der Waals surface area contributed by atoms with Gasteiger partial charge in [0, 0.05) is 18.7 Å². The van der Waals surface area contributed by atoms with Crippen molar-refractivity contribution in [1.29, 1.82) is 0 Å². The molecule has 0 fully saturated rings. The van der Waals surface area contributed by atoms with Gasteiger partial charge >= 0.3 is 6.18 Å². The maximum absolute atomic E-state index is 13.2. The predicted octanol–water partition coefficient (Wildman–Crippen LogP) is 3.49. The van der Waals surface area contributed by atoms with Crippen LogP contribution in [0.2, 0.25) is 0 Å². The Kier molecular flexibility index (Phi) is 4.83. The molecule has 0 spiro atoms. The summed E-state index contributed by atoms with van der Waals surface area (Å²) in [5.74, 6) is -0.839. The lowest BCUT2D eigenvalue weighted by Crippen LogP contribution is -2.28. The Balaban J connectivity index is 1.76. The van der Waals surface area contributed by atoms with E-state index in [-0.39, 0.29) is 24.5 Å². The van der Waals surface area contributed by atoms with Gasteiger partial charge in [-0.3, -0.25) is 4.79 Å². The second-order valence-electron chi connectivity index (χ2n) is 5.56. The molecule has 0 bridgehead atoms. The fraction of sp³-hybridized carbons (Fsp3) is 0.222. The topological polar surface area (TPSA) is 56.1 Å². The number of aromatic nitrogens is 2. The molecule has 0 unspecified atom stereocenters. The first-order valence-electron chi connectivity index (χ1n) is 7.85. The van der Waals surface area contributed by atoms with E-state index in [1.807, 2.05) is 0 Å². The van der Waals surface area contributed by atoms with Crippen LogP contribution in [0.4, 0.5) is 13.2 Å². The molecule has 3 aromatic rings. The Morgan fingerprint density at radius 3 is 2.69 bits per heavy atom. The monoisotopic (exact) mass is 363 g/mol. The number of fused-ring (bicyclic) bond motifs is 1. The number of benzene rings is 2. The highest BCUT2D eigenvalue weighted by Crippen LogP contribution is 2.31. The first-order chi connectivity index (χ1) is 12.4. The normalized spacial score (nSPS) is 11.5. The molecule has 8 heteroatoms. The minimum atomic E-state index is -4.57. The molecular weight excluding hydrogens is 347 g/mol. The summed E-state index contributed by atoms with van der Waals surface area (Å²) in [6, 6.07) is 12.9. The van der Waals surface area contributed by atoms with Crippen LogP contribution in [-0.2, 0) is 12.7 Å². The fourth-order valence-electron chi connectivity index (χ4n) is 2.67. The van der Waals surface area contributed by atoms with Crippen molar-refractivity contribution < 1.29 is 22.7 Å². The molecule has 26 heavy (non-hydrogen) atoms. The number of para-hydroxylation sites is 2. The average molecular weight is 363 g/mol. The number of imidazole rings is 1. The third-order valence-electron chi connectivity index (χ3n) is 3.86. The Bertz CT molecular complexity index is 935. The van der Waals surface area contributed by atoms with Gasteiger partial charge in [-0.15, -0.1) is 0 Å². The first-order valence-corrected chi connectivity index (χ1v) is 7.85. The van der Waals surface area contributed by atoms with Crippen molar-refractivity contribution in [2.24, 2.45) is 0 Å². The zero-order valence-corrected chi connectivity index (χ0v) is 13.9. The summed E-state index contributed by atoms with van der Waals surface area (Å²) in [5, 5.41) is 2.62. The Morgan fingerprint density at radius 2 is 1.96 bits per heavy atom. The average Bonchev–Trinajstić information content (AvgIpc) is 3.01. The minimum absolute atomic E-state index is 0.0273. The Morgan fingerprint density at radius 1 is 1.19 bits per heavy atom. The lowest BCUT2D eigenvalue weighted by molar-refractivity contribution is -0.146. The number of carbonyl (C=O) groups is 1. The zero-order chi connectivity index (χ0) is 18.7. The van der Waals surface area contributed by atoms with Crippen LogP contribution in [0, 0.1) is 0 Å². The second kappa shape index (κ2) is 7.07. The van der Waals surface area contributed by atoms with Crippen LogP contribution in [0.3, 0.4) is 0 Å². The quantitative estimate of drug-likeness (QED) is 0.755.